The monoisotopic (exact) mass is 1980 g/mol. The second-order valence-corrected chi connectivity index (χ2v) is 41.7. The number of carbonyl (C=O) groups is 8. The number of ketones is 3. The number of nitrogens with one attached hydrogen (secondary N) is 2. The van der Waals surface area contributed by atoms with Crippen LogP contribution in [0.5, 0.6) is 23.0 Å². The Hall–Kier alpha value is -12.1. The molecule has 8 aromatic carbocycles. The van der Waals surface area contributed by atoms with Gasteiger partial charge in [0.1, 0.15) is 53.8 Å². The number of benzene rings is 8. The smallest absolute Gasteiger partial charge is 0.303 e. The molecule has 2 aromatic heterocycles. The number of hydrogen-bond acceptors (Lipinski definition) is 19. The zero-order valence-electron chi connectivity index (χ0n) is 86.0. The lowest BCUT2D eigenvalue weighted by molar-refractivity contribution is -0.146. The summed E-state index contributed by atoms with van der Waals surface area (Å²) in [5.41, 5.74) is 20.2. The molecule has 4 amide bonds. The van der Waals surface area contributed by atoms with E-state index in [1.807, 2.05) is 202 Å². The highest BCUT2D eigenvalue weighted by Gasteiger charge is 2.46. The van der Waals surface area contributed by atoms with Gasteiger partial charge in [-0.05, 0) is 203 Å². The molecule has 0 unspecified atom stereocenters. The number of Topliss-reactive ketones (excluding diaryl/α,β-unsaturated/α-hetero) is 3. The molecule has 2 aliphatic heterocycles. The first kappa shape index (κ1) is 113. The Morgan fingerprint density at radius 2 is 0.839 bits per heavy atom. The number of aliphatic hydroxyl groups excluding tert-OH is 2. The van der Waals surface area contributed by atoms with Crippen molar-refractivity contribution < 1.29 is 73.4 Å². The number of aryl methyl sites for hydroxylation is 3. The molecule has 0 spiro atoms. The molecular formula is C119H151N7O15S2. The van der Waals surface area contributed by atoms with Crippen molar-refractivity contribution in [3.05, 3.63) is 273 Å². The molecule has 22 nitrogen and oxygen atoms in total. The maximum atomic E-state index is 14.1. The number of unbranched alkanes of at least 4 members (excludes halogenated alkanes) is 12. The number of carbonyl (C=O) groups excluding carboxylic acids is 7. The molecule has 143 heavy (non-hydrogen) atoms. The van der Waals surface area contributed by atoms with E-state index >= 15 is 0 Å². The Morgan fingerprint density at radius 1 is 0.462 bits per heavy atom. The van der Waals surface area contributed by atoms with Gasteiger partial charge in [0.05, 0.1) is 57.0 Å². The van der Waals surface area contributed by atoms with E-state index in [9.17, 15) is 58.8 Å². The van der Waals surface area contributed by atoms with Gasteiger partial charge in [0.15, 0.2) is 5.78 Å². The number of allylic oxidation sites excluding steroid dienone is 2. The Balaban J connectivity index is 0.000000246. The number of β-amino-alcohol motifs (C(OH)–C–C–N with tert-alkyl or cyclic N) is 2. The van der Waals surface area contributed by atoms with Gasteiger partial charge in [0.2, 0.25) is 23.6 Å². The van der Waals surface area contributed by atoms with Crippen molar-refractivity contribution in [1.29, 1.82) is 0 Å². The average molecular weight is 1980 g/mol. The lowest BCUT2D eigenvalue weighted by Gasteiger charge is -2.34. The van der Waals surface area contributed by atoms with E-state index in [4.69, 9.17) is 14.6 Å². The van der Waals surface area contributed by atoms with E-state index in [1.165, 1.54) is 32.1 Å². The number of thiazole rings is 2. The van der Waals surface area contributed by atoms with Crippen molar-refractivity contribution in [3.63, 3.8) is 0 Å². The summed E-state index contributed by atoms with van der Waals surface area (Å²) in [5, 5.41) is 55.5. The van der Waals surface area contributed by atoms with Crippen LogP contribution in [-0.2, 0) is 51.3 Å². The number of aromatic hydroxyl groups is 2. The average Bonchev–Trinajstić information content (AvgIpc) is 1.76. The molecule has 0 radical (unpaired) electrons. The van der Waals surface area contributed by atoms with Crippen LogP contribution in [0.4, 0.5) is 0 Å². The number of aliphatic carboxylic acids is 1. The lowest BCUT2D eigenvalue weighted by atomic mass is 9.76. The Morgan fingerprint density at radius 3 is 1.23 bits per heavy atom. The second kappa shape index (κ2) is 57.4. The molecular weight excluding hydrogens is 1830 g/mol. The van der Waals surface area contributed by atoms with Crippen LogP contribution < -0.4 is 20.1 Å². The van der Waals surface area contributed by atoms with Gasteiger partial charge in [-0.2, -0.15) is 0 Å². The van der Waals surface area contributed by atoms with Crippen molar-refractivity contribution in [1.82, 2.24) is 35.3 Å². The highest BCUT2D eigenvalue weighted by molar-refractivity contribution is 7.13. The van der Waals surface area contributed by atoms with Crippen LogP contribution in [0.2, 0.25) is 0 Å². The number of nitrogens with zero attached hydrogens (tertiary/aromatic N) is 5. The van der Waals surface area contributed by atoms with Gasteiger partial charge >= 0.3 is 5.97 Å². The molecule has 0 aliphatic carbocycles. The minimum atomic E-state index is -0.811. The minimum absolute atomic E-state index is 0.0416. The molecule has 0 saturated carbocycles. The second-order valence-electron chi connectivity index (χ2n) is 40.0. The number of likely N-dealkylation sites (N-methyl/N-ethyl adjacent to an activating group) is 2. The number of ether oxygens (including phenoxy) is 2. The predicted octanol–water partition coefficient (Wildman–Crippen LogP) is 23.6. The van der Waals surface area contributed by atoms with Crippen LogP contribution >= 0.6 is 22.7 Å². The standard InChI is InChI=1S/C59H74N4O7S.C35H50N2O6S.C25H27NO2/c1-7-51(43-18-14-13-15-19-43)55(44-26-30-47(64)31-27-44)45-28-32-50(33-29-45)70-35-34-62(6)54(67)21-17-12-10-8-9-11-16-20-48(65)36-52(59(3,4)5)58(69)63-39-49(66)37-53(63)57(68)60-38-42-22-24-46(25-23-42)56-41(2)61-40-71-56;1-24-33(44-23-36-24)26-17-14-25(15-18-26)16-19-31(40)30-21-28(39)22-37(30)34(43)29(35(2,3)4)20-27(38)12-10-8-6-5-7-9-11-13-32(41)42;1-3-24(19-7-5-4-6-8-19)25(20-9-13-22(27)14-10-20)21-11-15-23(16-12-21)28-18-17-26-2/h13-15,18-19,22-33,40,49,52-53,64,66H,7-12,16-17,20-21,34-39H2,1-6H3,(H,60,68);14-15,17-18,23,28-30,39H,5-13,16,19-22H2,1-4H3,(H,41,42);4-16,26-27H,3,17-18H2,1-2H3/t49-,52-,53+;28-,29-,30+;/m11./s1. The summed E-state index contributed by atoms with van der Waals surface area (Å²) in [5.74, 6) is -0.466. The third kappa shape index (κ3) is 35.5. The van der Waals surface area contributed by atoms with E-state index in [0.29, 0.717) is 58.4 Å². The Bertz CT molecular complexity index is 5730. The summed E-state index contributed by atoms with van der Waals surface area (Å²) in [6.45, 7) is 22.8. The minimum Gasteiger partial charge on any atom is -0.508 e. The predicted molar refractivity (Wildman–Crippen MR) is 575 cm³/mol. The van der Waals surface area contributed by atoms with E-state index in [1.54, 1.807) is 51.8 Å². The van der Waals surface area contributed by atoms with Crippen LogP contribution in [0.1, 0.15) is 272 Å². The molecule has 764 valence electrons. The molecule has 0 bridgehead atoms. The third-order valence-electron chi connectivity index (χ3n) is 27.0. The SMILES string of the molecule is CCC(=C(c1ccc(O)cc1)c1ccc(OCCN(C)C(=O)CCCCCCCCCC(=O)C[C@H](C(=O)N2C[C@H](O)C[C@H]2C(=O)NCc2ccc(-c3scnc3C)cc2)C(C)(C)C)cc1)c1ccccc1.CCC(=C(c1ccc(O)cc1)c1ccc(OCCNC)cc1)c1ccccc1.Cc1ncsc1-c1ccc(CCC(=O)[C@@H]2C[C@@H](O)CN2C(=O)[C@@H](CC(=O)CCCCCCCCCC(=O)O)C(C)(C)C)cc1. The molecule has 6 atom stereocenters. The lowest BCUT2D eigenvalue weighted by Crippen LogP contribution is -2.50. The number of carboxylic acid groups (broad SMARTS) is 1. The Kier molecular flexibility index (Phi) is 45.3. The van der Waals surface area contributed by atoms with Gasteiger partial charge in [-0.3, -0.25) is 38.4 Å². The van der Waals surface area contributed by atoms with Gasteiger partial charge in [0, 0.05) is 103 Å². The highest BCUT2D eigenvalue weighted by Crippen LogP contribution is 2.42. The molecule has 24 heteroatoms. The van der Waals surface area contributed by atoms with Crippen LogP contribution in [0.25, 0.3) is 43.2 Å². The summed E-state index contributed by atoms with van der Waals surface area (Å²) in [6.07, 6.45) is 16.0. The van der Waals surface area contributed by atoms with Gasteiger partial charge in [-0.15, -0.1) is 22.7 Å². The summed E-state index contributed by atoms with van der Waals surface area (Å²) in [4.78, 5) is 120. The maximum absolute atomic E-state index is 14.1. The molecule has 10 aromatic rings. The van der Waals surface area contributed by atoms with Crippen LogP contribution in [0.3, 0.4) is 0 Å². The molecule has 2 aliphatic rings. The summed E-state index contributed by atoms with van der Waals surface area (Å²) in [6, 6.07) is 66.5. The molecule has 2 fully saturated rings. The number of hydrogen-bond donors (Lipinski definition) is 7. The van der Waals surface area contributed by atoms with Crippen molar-refractivity contribution in [2.24, 2.45) is 22.7 Å². The molecule has 7 N–H and O–H groups in total. The van der Waals surface area contributed by atoms with Crippen LogP contribution in [0, 0.1) is 36.5 Å². The van der Waals surface area contributed by atoms with Crippen molar-refractivity contribution >= 4 is 91.9 Å². The zero-order chi connectivity index (χ0) is 103. The number of likely N-dealkylation sites (tertiary alicyclic amines) is 2. The van der Waals surface area contributed by atoms with Gasteiger partial charge in [0.25, 0.3) is 0 Å². The number of aliphatic hydroxyl groups is 2. The Labute approximate surface area is 855 Å². The summed E-state index contributed by atoms with van der Waals surface area (Å²) < 4.78 is 11.8. The molecule has 12 rings (SSSR count). The maximum Gasteiger partial charge on any atom is 0.303 e. The fourth-order valence-electron chi connectivity index (χ4n) is 18.7. The number of amides is 4. The van der Waals surface area contributed by atoms with E-state index in [0.717, 1.165) is 191 Å². The van der Waals surface area contributed by atoms with Gasteiger partial charge in [-0.1, -0.05) is 277 Å². The third-order valence-corrected chi connectivity index (χ3v) is 28.9. The molecule has 2 saturated heterocycles. The van der Waals surface area contributed by atoms with Crippen LogP contribution in [-0.4, -0.2) is 175 Å². The van der Waals surface area contributed by atoms with Gasteiger partial charge in [-0.25, -0.2) is 9.97 Å². The first-order valence-corrected chi connectivity index (χ1v) is 53.0. The number of phenols is 2. The van der Waals surface area contributed by atoms with Crippen molar-refractivity contribution in [3.8, 4) is 43.9 Å². The number of carboxylic acids is 1. The first-order valence-electron chi connectivity index (χ1n) is 51.2. The normalized spacial score (nSPS) is 15.4. The zero-order valence-corrected chi connectivity index (χ0v) is 87.6. The largest absolute Gasteiger partial charge is 0.508 e. The summed E-state index contributed by atoms with van der Waals surface area (Å²) in [7, 11) is 3.73. The summed E-state index contributed by atoms with van der Waals surface area (Å²) >= 11 is 3.19. The molecule has 4 heterocycles. The van der Waals surface area contributed by atoms with E-state index < -0.39 is 52.9 Å². The topological polar surface area (TPSA) is 316 Å². The van der Waals surface area contributed by atoms with Crippen LogP contribution in [0.15, 0.2) is 217 Å². The number of rotatable bonds is 51. The number of phenolic OH excluding ortho intramolecular Hbond substituents is 2. The van der Waals surface area contributed by atoms with Gasteiger partial charge < -0.3 is 60.3 Å². The first-order chi connectivity index (χ1) is 68.7. The fraction of sp³-hybridized carbons (Fsp3) is 0.445. The van der Waals surface area contributed by atoms with E-state index in [-0.39, 0.29) is 104 Å². The van der Waals surface area contributed by atoms with E-state index in [2.05, 4.69) is 95.1 Å². The highest BCUT2D eigenvalue weighted by atomic mass is 32.1. The fourth-order valence-corrected chi connectivity index (χ4v) is 20.3. The van der Waals surface area contributed by atoms with Crippen molar-refractivity contribution in [2.75, 3.05) is 53.5 Å². The quantitative estimate of drug-likeness (QED) is 0.0138. The number of aromatic nitrogens is 2. The van der Waals surface area contributed by atoms with Crippen molar-refractivity contribution in [2.45, 2.75) is 267 Å².